The maximum absolute atomic E-state index is 8.09. The molecule has 0 aromatic heterocycles. The average molecular weight is 345 g/mol. The van der Waals surface area contributed by atoms with E-state index in [4.69, 9.17) is 24.2 Å². The molecule has 0 aliphatic carbocycles. The molecule has 0 bridgehead atoms. The van der Waals surface area contributed by atoms with Crippen LogP contribution in [0.25, 0.3) is 0 Å². The first-order chi connectivity index (χ1) is 11.6. The van der Waals surface area contributed by atoms with Crippen molar-refractivity contribution in [2.24, 2.45) is 5.16 Å². The summed E-state index contributed by atoms with van der Waals surface area (Å²) in [6.45, 7) is 7.29. The molecule has 0 fully saturated rings. The van der Waals surface area contributed by atoms with E-state index in [0.29, 0.717) is 0 Å². The topological polar surface area (TPSA) is 69.5 Å². The van der Waals surface area contributed by atoms with Crippen LogP contribution < -0.4 is 0 Å². The van der Waals surface area contributed by atoms with E-state index in [-0.39, 0.29) is 18.5 Å². The quantitative estimate of drug-likeness (QED) is 0.170. The molecule has 24 heavy (non-hydrogen) atoms. The number of ether oxygens (including phenoxy) is 4. The second-order valence-corrected chi connectivity index (χ2v) is 5.12. The van der Waals surface area contributed by atoms with Crippen molar-refractivity contribution in [2.75, 3.05) is 28.4 Å². The Labute approximate surface area is 147 Å². The van der Waals surface area contributed by atoms with Crippen molar-refractivity contribution in [1.29, 1.82) is 0 Å². The summed E-state index contributed by atoms with van der Waals surface area (Å²) < 4.78 is 20.5. The molecule has 142 valence electrons. The van der Waals surface area contributed by atoms with Gasteiger partial charge in [-0.25, -0.2) is 0 Å². The second kappa shape index (κ2) is 19.8. The van der Waals surface area contributed by atoms with Crippen LogP contribution >= 0.6 is 0 Å². The van der Waals surface area contributed by atoms with E-state index in [2.05, 4.69) is 18.3 Å². The number of nitrogens with zero attached hydrogens (tertiary/aromatic N) is 1. The summed E-state index contributed by atoms with van der Waals surface area (Å²) in [4.78, 5) is 0. The largest absolute Gasteiger partial charge is 0.411 e. The van der Waals surface area contributed by atoms with Crippen molar-refractivity contribution in [3.05, 3.63) is 25.3 Å². The van der Waals surface area contributed by atoms with Gasteiger partial charge < -0.3 is 24.2 Å². The van der Waals surface area contributed by atoms with Gasteiger partial charge in [0.25, 0.3) is 0 Å². The summed E-state index contributed by atoms with van der Waals surface area (Å²) in [6.07, 6.45) is 10.6. The van der Waals surface area contributed by atoms with Crippen LogP contribution in [0.5, 0.6) is 0 Å². The molecule has 0 radical (unpaired) electrons. The first-order valence-electron chi connectivity index (χ1n) is 8.12. The fourth-order valence-electron chi connectivity index (χ4n) is 2.01. The number of methoxy groups -OCH3 is 4. The normalized spacial score (nSPS) is 13.4. The van der Waals surface area contributed by atoms with Crippen LogP contribution in [-0.4, -0.2) is 58.4 Å². The lowest BCUT2D eigenvalue weighted by atomic mass is 10.1. The van der Waals surface area contributed by atoms with Gasteiger partial charge in [-0.2, -0.15) is 0 Å². The van der Waals surface area contributed by atoms with Crippen LogP contribution in [0.1, 0.15) is 38.5 Å². The summed E-state index contributed by atoms with van der Waals surface area (Å²) in [5.74, 6) is 0. The van der Waals surface area contributed by atoms with Gasteiger partial charge in [0.1, 0.15) is 0 Å². The number of rotatable bonds is 14. The minimum Gasteiger partial charge on any atom is -0.411 e. The fourth-order valence-corrected chi connectivity index (χ4v) is 2.01. The summed E-state index contributed by atoms with van der Waals surface area (Å²) in [5.41, 5.74) is 0. The maximum atomic E-state index is 8.09. The predicted octanol–water partition coefficient (Wildman–Crippen LogP) is 3.79. The minimum atomic E-state index is -0.123. The molecule has 2 atom stereocenters. The molecule has 2 unspecified atom stereocenters. The van der Waals surface area contributed by atoms with Gasteiger partial charge in [-0.1, -0.05) is 12.2 Å². The third kappa shape index (κ3) is 15.7. The minimum absolute atomic E-state index is 0.123. The summed E-state index contributed by atoms with van der Waals surface area (Å²) >= 11 is 0. The maximum Gasteiger partial charge on any atom is 0.156 e. The number of hydrogen-bond acceptors (Lipinski definition) is 6. The number of oxime groups is 1. The van der Waals surface area contributed by atoms with E-state index in [9.17, 15) is 0 Å². The monoisotopic (exact) mass is 345 g/mol. The van der Waals surface area contributed by atoms with E-state index < -0.39 is 0 Å². The molecule has 0 spiro atoms. The molecule has 0 aliphatic rings. The highest BCUT2D eigenvalue weighted by atomic mass is 16.7. The first kappa shape index (κ1) is 25.0. The molecular formula is C18H35NO5. The molecule has 1 N–H and O–H groups in total. The first-order valence-corrected chi connectivity index (χ1v) is 8.12. The third-order valence-corrected chi connectivity index (χ3v) is 3.48. The molecule has 0 rings (SSSR count). The Balaban J connectivity index is 0. The smallest absolute Gasteiger partial charge is 0.156 e. The summed E-state index contributed by atoms with van der Waals surface area (Å²) in [7, 11) is 6.67. The van der Waals surface area contributed by atoms with Crippen molar-refractivity contribution >= 4 is 6.21 Å². The van der Waals surface area contributed by atoms with Crippen LogP contribution in [0, 0.1) is 0 Å². The van der Waals surface area contributed by atoms with Crippen molar-refractivity contribution in [1.82, 2.24) is 0 Å². The van der Waals surface area contributed by atoms with Crippen molar-refractivity contribution in [3.8, 4) is 0 Å². The lowest BCUT2D eigenvalue weighted by Crippen LogP contribution is -2.17. The summed E-state index contributed by atoms with van der Waals surface area (Å²) in [6, 6.07) is 0. The van der Waals surface area contributed by atoms with Gasteiger partial charge in [-0.05, 0) is 32.1 Å². The van der Waals surface area contributed by atoms with Crippen molar-refractivity contribution < 1.29 is 24.2 Å². The van der Waals surface area contributed by atoms with E-state index >= 15 is 0 Å². The van der Waals surface area contributed by atoms with Gasteiger partial charge >= 0.3 is 0 Å². The highest BCUT2D eigenvalue weighted by Gasteiger charge is 2.10. The molecule has 0 saturated heterocycles. The standard InChI is InChI=1S/C10H20O3.C8H15NO2/c1-5-6-9(11-2)7-8-10(12-3)13-4;1-3-5-8(11-2)6-4-7-9-10/h5,9-10H,1,6-8H2,2-4H3;3,7-8,10H,1,4-6H2,2H3. The van der Waals surface area contributed by atoms with Gasteiger partial charge in [0.05, 0.1) is 12.2 Å². The van der Waals surface area contributed by atoms with Gasteiger partial charge in [-0.3, -0.25) is 0 Å². The molecule has 6 nitrogen and oxygen atoms in total. The van der Waals surface area contributed by atoms with E-state index in [0.717, 1.165) is 38.5 Å². The predicted molar refractivity (Wildman–Crippen MR) is 97.8 cm³/mol. The Bertz CT molecular complexity index is 306. The highest BCUT2D eigenvalue weighted by molar-refractivity contribution is 5.55. The van der Waals surface area contributed by atoms with Crippen LogP contribution in [0.3, 0.4) is 0 Å². The molecular weight excluding hydrogens is 310 g/mol. The van der Waals surface area contributed by atoms with Crippen molar-refractivity contribution in [3.63, 3.8) is 0 Å². The molecule has 0 aliphatic heterocycles. The zero-order valence-corrected chi connectivity index (χ0v) is 15.6. The van der Waals surface area contributed by atoms with Crippen LogP contribution in [0.4, 0.5) is 0 Å². The lowest BCUT2D eigenvalue weighted by molar-refractivity contribution is -0.111. The Morgan fingerprint density at radius 3 is 1.71 bits per heavy atom. The highest BCUT2D eigenvalue weighted by Crippen LogP contribution is 2.10. The molecule has 0 amide bonds. The lowest BCUT2D eigenvalue weighted by Gasteiger charge is -2.17. The Morgan fingerprint density at radius 2 is 1.33 bits per heavy atom. The van der Waals surface area contributed by atoms with E-state index in [1.807, 2.05) is 12.2 Å². The summed E-state index contributed by atoms with van der Waals surface area (Å²) in [5, 5.41) is 11.0. The molecule has 0 heterocycles. The Hall–Kier alpha value is -1.21. The Kier molecular flexibility index (Phi) is 20.7. The fraction of sp³-hybridized carbons (Fsp3) is 0.722. The molecule has 0 aromatic rings. The molecule has 0 saturated carbocycles. The van der Waals surface area contributed by atoms with E-state index in [1.54, 1.807) is 28.4 Å². The van der Waals surface area contributed by atoms with Crippen LogP contribution in [0.15, 0.2) is 30.5 Å². The average Bonchev–Trinajstić information content (AvgIpc) is 2.61. The SMILES string of the molecule is C=CCC(CCC(OC)OC)OC.C=CCC(CCC=NO)OC. The second-order valence-electron chi connectivity index (χ2n) is 5.12. The van der Waals surface area contributed by atoms with Crippen LogP contribution in [-0.2, 0) is 18.9 Å². The van der Waals surface area contributed by atoms with Gasteiger partial charge in [0.2, 0.25) is 0 Å². The Morgan fingerprint density at radius 1 is 0.833 bits per heavy atom. The van der Waals surface area contributed by atoms with Crippen LogP contribution in [0.2, 0.25) is 0 Å². The van der Waals surface area contributed by atoms with E-state index in [1.165, 1.54) is 6.21 Å². The molecule has 0 aromatic carbocycles. The number of hydrogen-bond donors (Lipinski definition) is 1. The van der Waals surface area contributed by atoms with Gasteiger partial charge in [0, 0.05) is 41.1 Å². The van der Waals surface area contributed by atoms with Crippen molar-refractivity contribution in [2.45, 2.75) is 57.0 Å². The zero-order valence-electron chi connectivity index (χ0n) is 15.6. The van der Waals surface area contributed by atoms with Gasteiger partial charge in [-0.15, -0.1) is 18.3 Å². The van der Waals surface area contributed by atoms with Gasteiger partial charge in [0.15, 0.2) is 6.29 Å². The third-order valence-electron chi connectivity index (χ3n) is 3.48. The molecule has 6 heteroatoms. The zero-order chi connectivity index (χ0) is 18.6.